The van der Waals surface area contributed by atoms with Crippen molar-refractivity contribution >= 4 is 23.1 Å². The highest BCUT2D eigenvalue weighted by Gasteiger charge is 2.19. The van der Waals surface area contributed by atoms with Crippen LogP contribution in [0.4, 0.5) is 4.39 Å². The minimum absolute atomic E-state index is 0.156. The van der Waals surface area contributed by atoms with Crippen molar-refractivity contribution in [2.45, 2.75) is 13.8 Å². The Morgan fingerprint density at radius 2 is 1.88 bits per heavy atom. The third-order valence-electron chi connectivity index (χ3n) is 3.37. The molecule has 0 bridgehead atoms. The van der Waals surface area contributed by atoms with E-state index < -0.39 is 5.97 Å². The molecule has 0 aliphatic rings. The summed E-state index contributed by atoms with van der Waals surface area (Å²) in [6, 6.07) is 9.15. The molecule has 3 rings (SSSR count). The molecule has 2 aromatic heterocycles. The van der Waals surface area contributed by atoms with Crippen LogP contribution < -0.4 is 0 Å². The van der Waals surface area contributed by atoms with Crippen LogP contribution in [0.25, 0.3) is 5.69 Å². The third-order valence-corrected chi connectivity index (χ3v) is 4.41. The van der Waals surface area contributed by atoms with Crippen LogP contribution >= 0.6 is 11.3 Å². The van der Waals surface area contributed by atoms with Gasteiger partial charge in [0.15, 0.2) is 6.61 Å². The number of thiophene rings is 1. The Bertz CT molecular complexity index is 931. The van der Waals surface area contributed by atoms with Gasteiger partial charge in [-0.2, -0.15) is 0 Å². The van der Waals surface area contributed by atoms with Crippen molar-refractivity contribution < 1.29 is 18.7 Å². The number of hydrogen-bond acceptors (Lipinski definition) is 6. The summed E-state index contributed by atoms with van der Waals surface area (Å²) >= 11 is 1.34. The smallest absolute Gasteiger partial charge is 0.378 e. The molecule has 25 heavy (non-hydrogen) atoms. The molecule has 0 aliphatic heterocycles. The first-order chi connectivity index (χ1) is 11.9. The Hall–Kier alpha value is -2.87. The van der Waals surface area contributed by atoms with Crippen molar-refractivity contribution in [2.24, 2.45) is 0 Å². The zero-order chi connectivity index (χ0) is 18.0. The molecular formula is C17H14FN3O3S. The molecule has 3 aromatic rings. The Balaban J connectivity index is 1.69. The van der Waals surface area contributed by atoms with Gasteiger partial charge < -0.3 is 4.74 Å². The van der Waals surface area contributed by atoms with Gasteiger partial charge in [0.2, 0.25) is 5.78 Å². The van der Waals surface area contributed by atoms with E-state index in [0.717, 1.165) is 4.88 Å². The number of benzene rings is 1. The van der Waals surface area contributed by atoms with Crippen LogP contribution in [-0.4, -0.2) is 33.1 Å². The number of aromatic nitrogens is 3. The van der Waals surface area contributed by atoms with Gasteiger partial charge >= 0.3 is 5.97 Å². The average molecular weight is 359 g/mol. The van der Waals surface area contributed by atoms with Gasteiger partial charge in [-0.3, -0.25) is 4.79 Å². The van der Waals surface area contributed by atoms with E-state index in [1.54, 1.807) is 13.0 Å². The van der Waals surface area contributed by atoms with Crippen LogP contribution in [0.5, 0.6) is 0 Å². The van der Waals surface area contributed by atoms with Gasteiger partial charge in [0.25, 0.3) is 5.82 Å². The molecule has 6 nitrogen and oxygen atoms in total. The molecule has 0 spiro atoms. The monoisotopic (exact) mass is 359 g/mol. The molecular weight excluding hydrogens is 345 g/mol. The fourth-order valence-electron chi connectivity index (χ4n) is 2.15. The van der Waals surface area contributed by atoms with E-state index in [0.29, 0.717) is 16.4 Å². The summed E-state index contributed by atoms with van der Waals surface area (Å²) in [5, 5.41) is 4.06. The standard InChI is InChI=1S/C17H14FN3O3S/c1-10-3-8-15(25-10)14(22)9-24-17(23)16-19-11(2)21(20-16)13-6-4-12(18)5-7-13/h3-8H,9H2,1-2H3. The zero-order valence-electron chi connectivity index (χ0n) is 13.5. The Morgan fingerprint density at radius 1 is 1.16 bits per heavy atom. The van der Waals surface area contributed by atoms with Crippen LogP contribution in [0.3, 0.4) is 0 Å². The molecule has 1 aromatic carbocycles. The number of nitrogens with zero attached hydrogens (tertiary/aromatic N) is 3. The molecule has 0 N–H and O–H groups in total. The summed E-state index contributed by atoms with van der Waals surface area (Å²) in [6.45, 7) is 3.18. The SMILES string of the molecule is Cc1ccc(C(=O)COC(=O)c2nc(C)n(-c3ccc(F)cc3)n2)s1. The van der Waals surface area contributed by atoms with Crippen molar-refractivity contribution in [1.82, 2.24) is 14.8 Å². The zero-order valence-corrected chi connectivity index (χ0v) is 14.3. The minimum atomic E-state index is -0.786. The fraction of sp³-hybridized carbons (Fsp3) is 0.176. The lowest BCUT2D eigenvalue weighted by atomic mass is 10.3. The molecule has 0 aliphatic carbocycles. The second-order valence-corrected chi connectivity index (χ2v) is 6.57. The molecule has 8 heteroatoms. The van der Waals surface area contributed by atoms with Crippen molar-refractivity contribution in [3.8, 4) is 5.69 Å². The highest BCUT2D eigenvalue weighted by molar-refractivity contribution is 7.14. The number of esters is 1. The molecule has 0 unspecified atom stereocenters. The first kappa shape index (κ1) is 17.0. The number of rotatable bonds is 5. The van der Waals surface area contributed by atoms with Gasteiger partial charge in [-0.15, -0.1) is 16.4 Å². The number of ketones is 1. The van der Waals surface area contributed by atoms with E-state index in [9.17, 15) is 14.0 Å². The third kappa shape index (κ3) is 3.80. The molecule has 0 radical (unpaired) electrons. The minimum Gasteiger partial charge on any atom is -0.451 e. The number of hydrogen-bond donors (Lipinski definition) is 0. The number of carbonyl (C=O) groups excluding carboxylic acids is 2. The maximum absolute atomic E-state index is 13.0. The average Bonchev–Trinajstić information content (AvgIpc) is 3.19. The summed E-state index contributed by atoms with van der Waals surface area (Å²) < 4.78 is 19.4. The summed E-state index contributed by atoms with van der Waals surface area (Å²) in [5.74, 6) is -1.15. The number of Topliss-reactive ketones (excluding diaryl/α,β-unsaturated/α-hetero) is 1. The number of aryl methyl sites for hydroxylation is 2. The van der Waals surface area contributed by atoms with Crippen molar-refractivity contribution in [1.29, 1.82) is 0 Å². The lowest BCUT2D eigenvalue weighted by molar-refractivity contribution is 0.0463. The molecule has 0 saturated heterocycles. The summed E-state index contributed by atoms with van der Waals surface area (Å²) in [4.78, 5) is 29.6. The molecule has 0 saturated carbocycles. The van der Waals surface area contributed by atoms with Crippen molar-refractivity contribution in [3.63, 3.8) is 0 Å². The van der Waals surface area contributed by atoms with Crippen LogP contribution in [-0.2, 0) is 4.74 Å². The second kappa shape index (κ2) is 6.94. The fourth-order valence-corrected chi connectivity index (χ4v) is 2.95. The van der Waals surface area contributed by atoms with Gasteiger partial charge in [0.05, 0.1) is 10.6 Å². The first-order valence-corrected chi connectivity index (χ1v) is 8.22. The lowest BCUT2D eigenvalue weighted by Gasteiger charge is -2.02. The van der Waals surface area contributed by atoms with Gasteiger partial charge in [-0.1, -0.05) is 0 Å². The largest absolute Gasteiger partial charge is 0.451 e. The van der Waals surface area contributed by atoms with E-state index in [2.05, 4.69) is 10.1 Å². The quantitative estimate of drug-likeness (QED) is 0.517. The summed E-state index contributed by atoms with van der Waals surface area (Å²) in [6.07, 6.45) is 0. The Kier molecular flexibility index (Phi) is 4.71. The van der Waals surface area contributed by atoms with Gasteiger partial charge in [-0.25, -0.2) is 18.9 Å². The van der Waals surface area contributed by atoms with Crippen molar-refractivity contribution in [3.05, 3.63) is 63.6 Å². The normalized spacial score (nSPS) is 10.7. The summed E-state index contributed by atoms with van der Waals surface area (Å²) in [7, 11) is 0. The molecule has 128 valence electrons. The Morgan fingerprint density at radius 3 is 2.52 bits per heavy atom. The molecule has 0 atom stereocenters. The van der Waals surface area contributed by atoms with E-state index in [1.807, 2.05) is 13.0 Å². The molecule has 0 amide bonds. The van der Waals surface area contributed by atoms with Gasteiger partial charge in [-0.05, 0) is 50.2 Å². The topological polar surface area (TPSA) is 74.1 Å². The van der Waals surface area contributed by atoms with Gasteiger partial charge in [0.1, 0.15) is 11.6 Å². The maximum Gasteiger partial charge on any atom is 0.378 e. The van der Waals surface area contributed by atoms with E-state index in [1.165, 1.54) is 40.3 Å². The number of carbonyl (C=O) groups is 2. The highest BCUT2D eigenvalue weighted by Crippen LogP contribution is 2.16. The van der Waals surface area contributed by atoms with E-state index >= 15 is 0 Å². The number of halogens is 1. The highest BCUT2D eigenvalue weighted by atomic mass is 32.1. The van der Waals surface area contributed by atoms with Gasteiger partial charge in [0, 0.05) is 4.88 Å². The van der Waals surface area contributed by atoms with E-state index in [-0.39, 0.29) is 24.0 Å². The summed E-state index contributed by atoms with van der Waals surface area (Å²) in [5.41, 5.74) is 0.565. The molecule has 2 heterocycles. The second-order valence-electron chi connectivity index (χ2n) is 5.28. The predicted octanol–water partition coefficient (Wildman–Crippen LogP) is 3.12. The maximum atomic E-state index is 13.0. The lowest BCUT2D eigenvalue weighted by Crippen LogP contribution is -2.15. The van der Waals surface area contributed by atoms with E-state index in [4.69, 9.17) is 4.74 Å². The molecule has 0 fully saturated rings. The predicted molar refractivity (Wildman–Crippen MR) is 89.7 cm³/mol. The van der Waals surface area contributed by atoms with Crippen molar-refractivity contribution in [2.75, 3.05) is 6.61 Å². The van der Waals surface area contributed by atoms with Crippen LogP contribution in [0.2, 0.25) is 0 Å². The van der Waals surface area contributed by atoms with Crippen LogP contribution in [0.15, 0.2) is 36.4 Å². The van der Waals surface area contributed by atoms with Crippen LogP contribution in [0.1, 0.15) is 31.0 Å². The van der Waals surface area contributed by atoms with Crippen LogP contribution in [0, 0.1) is 19.7 Å². The first-order valence-electron chi connectivity index (χ1n) is 7.40. The Labute approximate surface area is 146 Å². The number of ether oxygens (including phenoxy) is 1.